The van der Waals surface area contributed by atoms with Crippen LogP contribution in [0.1, 0.15) is 39.4 Å². The largest absolute Gasteiger partial charge is 0.497 e. The Hall–Kier alpha value is -4.49. The van der Waals surface area contributed by atoms with Gasteiger partial charge in [-0.05, 0) is 74.9 Å². The summed E-state index contributed by atoms with van der Waals surface area (Å²) in [5.41, 5.74) is 3.16. The Morgan fingerprint density at radius 2 is 1.47 bits per heavy atom. The molecule has 4 rings (SSSR count). The number of ether oxygens (including phenoxy) is 4. The number of thioether (sulfide) groups is 1. The van der Waals surface area contributed by atoms with E-state index in [1.807, 2.05) is 48.5 Å². The summed E-state index contributed by atoms with van der Waals surface area (Å²) in [5, 5.41) is 11.3. The number of nitrogens with zero attached hydrogens (tertiary/aromatic N) is 3. The van der Waals surface area contributed by atoms with Crippen LogP contribution in [0.3, 0.4) is 0 Å². The van der Waals surface area contributed by atoms with E-state index in [4.69, 9.17) is 23.9 Å². The molecule has 1 atom stereocenters. The highest BCUT2D eigenvalue weighted by molar-refractivity contribution is 8.00. The highest BCUT2D eigenvalue weighted by Gasteiger charge is 2.28. The first-order valence-electron chi connectivity index (χ1n) is 13.1. The van der Waals surface area contributed by atoms with Crippen molar-refractivity contribution in [2.24, 2.45) is 0 Å². The fourth-order valence-electron chi connectivity index (χ4n) is 4.02. The molecule has 0 saturated heterocycles. The molecule has 224 valence electrons. The lowest BCUT2D eigenvalue weighted by molar-refractivity contribution is -0.115. The molecule has 1 unspecified atom stereocenters. The Morgan fingerprint density at radius 3 is 2.00 bits per heavy atom. The third-order valence-corrected chi connectivity index (χ3v) is 8.42. The molecule has 13 heteroatoms. The third-order valence-electron chi connectivity index (χ3n) is 6.28. The molecule has 0 aliphatic rings. The van der Waals surface area contributed by atoms with Crippen molar-refractivity contribution in [2.75, 3.05) is 33.3 Å². The van der Waals surface area contributed by atoms with Crippen LogP contribution in [-0.2, 0) is 14.3 Å². The fraction of sp³-hybridized carbons (Fsp3) is 0.267. The van der Waals surface area contributed by atoms with Gasteiger partial charge in [-0.25, -0.2) is 14.6 Å². The van der Waals surface area contributed by atoms with Crippen LogP contribution < -0.4 is 14.8 Å². The lowest BCUT2D eigenvalue weighted by Gasteiger charge is -2.13. The van der Waals surface area contributed by atoms with Crippen molar-refractivity contribution in [2.45, 2.75) is 31.2 Å². The number of esters is 2. The van der Waals surface area contributed by atoms with Crippen molar-refractivity contribution in [3.05, 3.63) is 64.5 Å². The van der Waals surface area contributed by atoms with Gasteiger partial charge in [0.2, 0.25) is 11.1 Å². The van der Waals surface area contributed by atoms with E-state index >= 15 is 0 Å². The van der Waals surface area contributed by atoms with Gasteiger partial charge in [-0.15, -0.1) is 21.5 Å². The van der Waals surface area contributed by atoms with E-state index in [2.05, 4.69) is 15.5 Å². The average Bonchev–Trinajstić information content (AvgIpc) is 3.36. The number of methoxy groups -OCH3 is 3. The number of anilines is 1. The average molecular weight is 623 g/mol. The van der Waals surface area contributed by atoms with Gasteiger partial charge in [0, 0.05) is 11.1 Å². The molecule has 0 bridgehead atoms. The number of hydrogen-bond donors (Lipinski definition) is 1. The molecule has 0 saturated carbocycles. The SMILES string of the molecule is CCOC(=O)c1sc(NC(=O)C(C)Sc2nnc(-c3ccc(OC)cc3)c(-c3ccc(OC)cc3)n2)c(C(=O)OC)c1C. The Morgan fingerprint density at radius 1 is 0.884 bits per heavy atom. The molecule has 0 radical (unpaired) electrons. The van der Waals surface area contributed by atoms with Crippen LogP contribution in [0.2, 0.25) is 0 Å². The van der Waals surface area contributed by atoms with Gasteiger partial charge < -0.3 is 24.3 Å². The number of carbonyl (C=O) groups excluding carboxylic acids is 3. The van der Waals surface area contributed by atoms with Crippen LogP contribution in [0.15, 0.2) is 53.7 Å². The predicted molar refractivity (Wildman–Crippen MR) is 164 cm³/mol. The number of benzene rings is 2. The zero-order valence-electron chi connectivity index (χ0n) is 24.4. The molecule has 2 aromatic carbocycles. The molecule has 0 aliphatic carbocycles. The molecule has 2 aromatic heterocycles. The van der Waals surface area contributed by atoms with Crippen LogP contribution in [0, 0.1) is 6.92 Å². The molecule has 0 aliphatic heterocycles. The fourth-order valence-corrected chi connectivity index (χ4v) is 5.83. The topological polar surface area (TPSA) is 139 Å². The standard InChI is InChI=1S/C30H30N4O7S2/c1-7-41-29(37)25-16(2)22(28(36)40-6)27(43-25)32-26(35)17(3)42-30-31-23(18-8-12-20(38-4)13-9-18)24(33-34-30)19-10-14-21(39-5)15-11-19/h8-15,17H,7H2,1-6H3,(H,32,35). The monoisotopic (exact) mass is 622 g/mol. The van der Waals surface area contributed by atoms with Crippen LogP contribution >= 0.6 is 23.1 Å². The highest BCUT2D eigenvalue weighted by atomic mass is 32.2. The molecule has 43 heavy (non-hydrogen) atoms. The van der Waals surface area contributed by atoms with Crippen LogP contribution in [0.4, 0.5) is 5.00 Å². The first-order chi connectivity index (χ1) is 20.7. The molecular weight excluding hydrogens is 592 g/mol. The summed E-state index contributed by atoms with van der Waals surface area (Å²) in [6.45, 7) is 5.14. The third kappa shape index (κ3) is 7.12. The van der Waals surface area contributed by atoms with Crippen molar-refractivity contribution in [1.29, 1.82) is 0 Å². The maximum atomic E-state index is 13.3. The molecule has 1 amide bonds. The van der Waals surface area contributed by atoms with Gasteiger partial charge in [0.1, 0.15) is 32.8 Å². The van der Waals surface area contributed by atoms with Crippen LogP contribution in [-0.4, -0.2) is 66.2 Å². The van der Waals surface area contributed by atoms with E-state index in [0.717, 1.165) is 34.2 Å². The molecule has 0 spiro atoms. The molecule has 2 heterocycles. The Bertz CT molecular complexity index is 1620. The van der Waals surface area contributed by atoms with E-state index in [1.165, 1.54) is 7.11 Å². The smallest absolute Gasteiger partial charge is 0.348 e. The highest BCUT2D eigenvalue weighted by Crippen LogP contribution is 2.36. The van der Waals surface area contributed by atoms with Gasteiger partial charge >= 0.3 is 11.9 Å². The minimum atomic E-state index is -0.698. The quantitative estimate of drug-likeness (QED) is 0.163. The van der Waals surface area contributed by atoms with Gasteiger partial charge in [0.05, 0.1) is 38.7 Å². The summed E-state index contributed by atoms with van der Waals surface area (Å²) in [6, 6.07) is 14.8. The molecule has 0 fully saturated rings. The molecule has 11 nitrogen and oxygen atoms in total. The van der Waals surface area contributed by atoms with Gasteiger partial charge in [0.25, 0.3) is 0 Å². The predicted octanol–water partition coefficient (Wildman–Crippen LogP) is 5.68. The summed E-state index contributed by atoms with van der Waals surface area (Å²) in [5.74, 6) is -0.293. The summed E-state index contributed by atoms with van der Waals surface area (Å²) >= 11 is 2.05. The van der Waals surface area contributed by atoms with Crippen molar-refractivity contribution in [1.82, 2.24) is 15.2 Å². The zero-order valence-corrected chi connectivity index (χ0v) is 26.1. The van der Waals surface area contributed by atoms with Crippen LogP contribution in [0.25, 0.3) is 22.5 Å². The summed E-state index contributed by atoms with van der Waals surface area (Å²) in [6.07, 6.45) is 0. The van der Waals surface area contributed by atoms with Crippen molar-refractivity contribution in [3.8, 4) is 34.0 Å². The van der Waals surface area contributed by atoms with E-state index in [9.17, 15) is 14.4 Å². The van der Waals surface area contributed by atoms with Gasteiger partial charge in [-0.3, -0.25) is 4.79 Å². The number of carbonyl (C=O) groups is 3. The lowest BCUT2D eigenvalue weighted by Crippen LogP contribution is -2.23. The van der Waals surface area contributed by atoms with E-state index in [1.54, 1.807) is 35.0 Å². The van der Waals surface area contributed by atoms with E-state index < -0.39 is 23.1 Å². The number of nitrogens with one attached hydrogen (secondary N) is 1. The Balaban J connectivity index is 1.63. The second kappa shape index (κ2) is 14.1. The normalized spacial score (nSPS) is 11.4. The van der Waals surface area contributed by atoms with Gasteiger partial charge in [-0.1, -0.05) is 11.8 Å². The second-order valence-electron chi connectivity index (χ2n) is 8.97. The minimum Gasteiger partial charge on any atom is -0.497 e. The van der Waals surface area contributed by atoms with E-state index in [0.29, 0.717) is 28.5 Å². The van der Waals surface area contributed by atoms with Crippen molar-refractivity contribution < 1.29 is 33.3 Å². The number of thiophene rings is 1. The van der Waals surface area contributed by atoms with Gasteiger partial charge in [0.15, 0.2) is 0 Å². The van der Waals surface area contributed by atoms with Crippen LogP contribution in [0.5, 0.6) is 11.5 Å². The number of rotatable bonds is 11. The number of aromatic nitrogens is 3. The molecule has 4 aromatic rings. The van der Waals surface area contributed by atoms with Crippen molar-refractivity contribution in [3.63, 3.8) is 0 Å². The number of amides is 1. The summed E-state index contributed by atoms with van der Waals surface area (Å²) < 4.78 is 20.6. The molecular formula is C30H30N4O7S2. The Labute approximate surface area is 256 Å². The maximum Gasteiger partial charge on any atom is 0.348 e. The summed E-state index contributed by atoms with van der Waals surface area (Å²) in [7, 11) is 4.42. The Kier molecular flexibility index (Phi) is 10.3. The zero-order chi connectivity index (χ0) is 31.1. The first-order valence-corrected chi connectivity index (χ1v) is 14.8. The first kappa shape index (κ1) is 31.4. The summed E-state index contributed by atoms with van der Waals surface area (Å²) in [4.78, 5) is 43.2. The van der Waals surface area contributed by atoms with Gasteiger partial charge in [-0.2, -0.15) is 0 Å². The second-order valence-corrected chi connectivity index (χ2v) is 11.3. The molecule has 1 N–H and O–H groups in total. The minimum absolute atomic E-state index is 0.102. The maximum absolute atomic E-state index is 13.3. The number of hydrogen-bond acceptors (Lipinski definition) is 12. The van der Waals surface area contributed by atoms with E-state index in [-0.39, 0.29) is 27.2 Å². The lowest BCUT2D eigenvalue weighted by atomic mass is 10.0. The van der Waals surface area contributed by atoms with Crippen molar-refractivity contribution >= 4 is 45.9 Å².